The van der Waals surface area contributed by atoms with Gasteiger partial charge in [0.15, 0.2) is 0 Å². The van der Waals surface area contributed by atoms with E-state index in [2.05, 4.69) is 6.92 Å². The van der Waals surface area contributed by atoms with E-state index in [0.29, 0.717) is 0 Å². The van der Waals surface area contributed by atoms with Gasteiger partial charge in [-0.3, -0.25) is 0 Å². The minimum absolute atomic E-state index is 0.220. The molecule has 2 nitrogen and oxygen atoms in total. The molecule has 0 heterocycles. The Bertz CT molecular complexity index is 371. The maximum Gasteiger partial charge on any atom is 0.334 e. The van der Waals surface area contributed by atoms with Gasteiger partial charge in [0.2, 0.25) is 0 Å². The van der Waals surface area contributed by atoms with Crippen LogP contribution in [0.4, 0.5) is 0 Å². The Balaban J connectivity index is 2.65. The van der Waals surface area contributed by atoms with Crippen LogP contribution < -0.4 is 0 Å². The van der Waals surface area contributed by atoms with Crippen LogP contribution in [0.3, 0.4) is 0 Å². The molecular weight excluding hydrogens is 232 g/mol. The van der Waals surface area contributed by atoms with Gasteiger partial charge in [-0.25, -0.2) is 4.79 Å². The zero-order chi connectivity index (χ0) is 12.5. The van der Waals surface area contributed by atoms with E-state index in [1.807, 2.05) is 35.7 Å². The number of ether oxygens (including phenoxy) is 1. The van der Waals surface area contributed by atoms with Crippen molar-refractivity contribution >= 4 is 17.7 Å². The summed E-state index contributed by atoms with van der Waals surface area (Å²) in [6.45, 7) is 2.11. The van der Waals surface area contributed by atoms with Crippen molar-refractivity contribution in [3.05, 3.63) is 41.3 Å². The quantitative estimate of drug-likeness (QED) is 0.433. The van der Waals surface area contributed by atoms with Crippen molar-refractivity contribution in [2.24, 2.45) is 0 Å². The summed E-state index contributed by atoms with van der Waals surface area (Å²) in [6, 6.07) is 10.00. The molecule has 3 heteroatoms. The molecule has 0 unspecified atom stereocenters. The van der Waals surface area contributed by atoms with Gasteiger partial charge in [-0.1, -0.05) is 43.3 Å². The number of carbonyl (C=O) groups excluding carboxylic acids is 1. The van der Waals surface area contributed by atoms with Crippen LogP contribution in [0.1, 0.15) is 26.2 Å². The SMILES string of the molecule is CCCC/C(=C/Sc1ccccc1)C(=O)OC. The summed E-state index contributed by atoms with van der Waals surface area (Å²) in [7, 11) is 1.43. The average molecular weight is 250 g/mol. The van der Waals surface area contributed by atoms with Crippen LogP contribution in [0.15, 0.2) is 46.2 Å². The van der Waals surface area contributed by atoms with Crippen LogP contribution >= 0.6 is 11.8 Å². The lowest BCUT2D eigenvalue weighted by Gasteiger charge is -2.04. The molecule has 0 aliphatic carbocycles. The maximum atomic E-state index is 11.5. The maximum absolute atomic E-state index is 11.5. The zero-order valence-electron chi connectivity index (χ0n) is 10.3. The highest BCUT2D eigenvalue weighted by Crippen LogP contribution is 2.22. The van der Waals surface area contributed by atoms with Gasteiger partial charge in [0.25, 0.3) is 0 Å². The standard InChI is InChI=1S/C14H18O2S/c1-3-4-8-12(14(15)16-2)11-17-13-9-6-5-7-10-13/h5-7,9-11H,3-4,8H2,1-2H3/b12-11-. The van der Waals surface area contributed by atoms with Gasteiger partial charge in [-0.2, -0.15) is 0 Å². The molecule has 1 rings (SSSR count). The van der Waals surface area contributed by atoms with E-state index in [4.69, 9.17) is 4.74 Å². The molecule has 0 radical (unpaired) electrons. The fraction of sp³-hybridized carbons (Fsp3) is 0.357. The number of benzene rings is 1. The number of thioether (sulfide) groups is 1. The molecule has 1 aromatic carbocycles. The second-order valence-electron chi connectivity index (χ2n) is 3.67. The van der Waals surface area contributed by atoms with Crippen molar-refractivity contribution in [1.82, 2.24) is 0 Å². The Kier molecular flexibility index (Phi) is 6.48. The van der Waals surface area contributed by atoms with Crippen LogP contribution in [0.2, 0.25) is 0 Å². The molecule has 0 amide bonds. The van der Waals surface area contributed by atoms with Crippen molar-refractivity contribution in [3.8, 4) is 0 Å². The predicted octanol–water partition coefficient (Wildman–Crippen LogP) is 4.03. The second kappa shape index (κ2) is 7.96. The van der Waals surface area contributed by atoms with Crippen molar-refractivity contribution in [3.63, 3.8) is 0 Å². The van der Waals surface area contributed by atoms with Crippen LogP contribution in [0.5, 0.6) is 0 Å². The van der Waals surface area contributed by atoms with E-state index in [1.165, 1.54) is 7.11 Å². The van der Waals surface area contributed by atoms with Crippen LogP contribution in [-0.2, 0) is 9.53 Å². The molecular formula is C14H18O2S. The molecule has 0 saturated heterocycles. The van der Waals surface area contributed by atoms with Crippen LogP contribution in [0.25, 0.3) is 0 Å². The lowest BCUT2D eigenvalue weighted by Crippen LogP contribution is -2.04. The van der Waals surface area contributed by atoms with Gasteiger partial charge in [0, 0.05) is 10.5 Å². The highest BCUT2D eigenvalue weighted by atomic mass is 32.2. The number of rotatable bonds is 6. The molecule has 0 N–H and O–H groups in total. The Morgan fingerprint density at radius 1 is 1.35 bits per heavy atom. The monoisotopic (exact) mass is 250 g/mol. The van der Waals surface area contributed by atoms with E-state index < -0.39 is 0 Å². The van der Waals surface area contributed by atoms with Gasteiger partial charge >= 0.3 is 5.97 Å². The topological polar surface area (TPSA) is 26.3 Å². The fourth-order valence-electron chi connectivity index (χ4n) is 1.35. The largest absolute Gasteiger partial charge is 0.466 e. The van der Waals surface area contributed by atoms with E-state index in [9.17, 15) is 4.79 Å². The number of carbonyl (C=O) groups is 1. The van der Waals surface area contributed by atoms with Crippen molar-refractivity contribution < 1.29 is 9.53 Å². The molecule has 92 valence electrons. The molecule has 0 saturated carbocycles. The minimum Gasteiger partial charge on any atom is -0.466 e. The Morgan fingerprint density at radius 2 is 2.06 bits per heavy atom. The normalized spacial score (nSPS) is 11.3. The van der Waals surface area contributed by atoms with Crippen LogP contribution in [0, 0.1) is 0 Å². The summed E-state index contributed by atoms with van der Waals surface area (Å²) in [5.74, 6) is -0.220. The van der Waals surface area contributed by atoms with Gasteiger partial charge in [0.05, 0.1) is 7.11 Å². The number of hydrogen-bond acceptors (Lipinski definition) is 3. The molecule has 0 spiro atoms. The summed E-state index contributed by atoms with van der Waals surface area (Å²) in [4.78, 5) is 12.7. The Hall–Kier alpha value is -1.22. The number of hydrogen-bond donors (Lipinski definition) is 0. The van der Waals surface area contributed by atoms with E-state index in [0.717, 1.165) is 29.7 Å². The highest BCUT2D eigenvalue weighted by Gasteiger charge is 2.08. The molecule has 0 aliphatic rings. The highest BCUT2D eigenvalue weighted by molar-refractivity contribution is 8.02. The summed E-state index contributed by atoms with van der Waals surface area (Å²) in [5.41, 5.74) is 0.753. The van der Waals surface area contributed by atoms with E-state index in [-0.39, 0.29) is 5.97 Å². The second-order valence-corrected chi connectivity index (χ2v) is 4.61. The summed E-state index contributed by atoms with van der Waals surface area (Å²) in [5, 5.41) is 1.90. The molecule has 17 heavy (non-hydrogen) atoms. The van der Waals surface area contributed by atoms with E-state index >= 15 is 0 Å². The first kappa shape index (κ1) is 13.8. The average Bonchev–Trinajstić information content (AvgIpc) is 2.39. The first-order chi connectivity index (χ1) is 8.27. The fourth-order valence-corrected chi connectivity index (χ4v) is 2.15. The smallest absolute Gasteiger partial charge is 0.334 e. The third-order valence-electron chi connectivity index (χ3n) is 2.33. The molecule has 0 aliphatic heterocycles. The minimum atomic E-state index is -0.220. The van der Waals surface area contributed by atoms with E-state index in [1.54, 1.807) is 11.8 Å². The van der Waals surface area contributed by atoms with Gasteiger partial charge < -0.3 is 4.74 Å². The first-order valence-electron chi connectivity index (χ1n) is 5.77. The third-order valence-corrected chi connectivity index (χ3v) is 3.27. The Morgan fingerprint density at radius 3 is 2.65 bits per heavy atom. The lowest BCUT2D eigenvalue weighted by atomic mass is 10.1. The summed E-state index contributed by atoms with van der Waals surface area (Å²) in [6.07, 6.45) is 2.86. The number of unbranched alkanes of at least 4 members (excludes halogenated alkanes) is 1. The summed E-state index contributed by atoms with van der Waals surface area (Å²) >= 11 is 1.56. The Labute approximate surface area is 107 Å². The molecule has 0 atom stereocenters. The summed E-state index contributed by atoms with van der Waals surface area (Å²) < 4.78 is 4.78. The van der Waals surface area contributed by atoms with Crippen molar-refractivity contribution in [2.75, 3.05) is 7.11 Å². The molecule has 0 fully saturated rings. The molecule has 1 aromatic rings. The zero-order valence-corrected chi connectivity index (χ0v) is 11.1. The number of methoxy groups -OCH3 is 1. The van der Waals surface area contributed by atoms with Crippen molar-refractivity contribution in [2.45, 2.75) is 31.1 Å². The van der Waals surface area contributed by atoms with Crippen LogP contribution in [-0.4, -0.2) is 13.1 Å². The van der Waals surface area contributed by atoms with Crippen molar-refractivity contribution in [1.29, 1.82) is 0 Å². The number of esters is 1. The third kappa shape index (κ3) is 5.09. The van der Waals surface area contributed by atoms with Gasteiger partial charge in [0.1, 0.15) is 0 Å². The predicted molar refractivity (Wildman–Crippen MR) is 71.9 cm³/mol. The lowest BCUT2D eigenvalue weighted by molar-refractivity contribution is -0.136. The molecule has 0 aromatic heterocycles. The first-order valence-corrected chi connectivity index (χ1v) is 6.65. The van der Waals surface area contributed by atoms with Gasteiger partial charge in [-0.05, 0) is 30.4 Å². The molecule has 0 bridgehead atoms. The van der Waals surface area contributed by atoms with Gasteiger partial charge in [-0.15, -0.1) is 0 Å².